The molecule has 0 spiro atoms. The third-order valence-corrected chi connectivity index (χ3v) is 0. The van der Waals surface area contributed by atoms with E-state index in [-0.39, 0.29) is 0 Å². The average molecular weight is 390 g/mol. The first-order chi connectivity index (χ1) is 4.24. The van der Waals surface area contributed by atoms with E-state index in [1.165, 1.54) is 0 Å². The predicted octanol–water partition coefficient (Wildman–Crippen LogP) is 3.33. The van der Waals surface area contributed by atoms with E-state index in [1.807, 2.05) is 25.0 Å². The molecular formula is C4H12Cl2PtS2. The molecule has 0 aliphatic rings. The summed E-state index contributed by atoms with van der Waals surface area (Å²) in [6, 6.07) is 0. The Morgan fingerprint density at radius 3 is 0.889 bits per heavy atom. The van der Waals surface area contributed by atoms with Crippen LogP contribution in [0.2, 0.25) is 0 Å². The minimum absolute atomic E-state index is 0.472. The Labute approximate surface area is 83.2 Å². The van der Waals surface area contributed by atoms with E-state index in [0.29, 0.717) is 0 Å². The normalized spacial score (nSPS) is 6.44. The van der Waals surface area contributed by atoms with Crippen LogP contribution in [-0.2, 0) is 16.5 Å². The first-order valence-electron chi connectivity index (χ1n) is 1.87. The van der Waals surface area contributed by atoms with Crippen LogP contribution in [0.5, 0.6) is 0 Å². The molecule has 0 amide bonds. The Morgan fingerprint density at radius 1 is 0.889 bits per heavy atom. The van der Waals surface area contributed by atoms with Gasteiger partial charge in [0.1, 0.15) is 0 Å². The molecule has 0 aliphatic carbocycles. The summed E-state index contributed by atoms with van der Waals surface area (Å²) in [5.74, 6) is 0. The summed E-state index contributed by atoms with van der Waals surface area (Å²) in [4.78, 5) is 0. The van der Waals surface area contributed by atoms with Gasteiger partial charge in [-0.05, 0) is 25.0 Å². The number of thioether (sulfide) groups is 2. The van der Waals surface area contributed by atoms with Crippen molar-refractivity contribution in [2.75, 3.05) is 25.0 Å². The second-order valence-corrected chi connectivity index (χ2v) is 5.78. The first-order valence-corrected chi connectivity index (χ1v) is 10.8. The van der Waals surface area contributed by atoms with Crippen LogP contribution >= 0.6 is 42.4 Å². The fourth-order valence-electron chi connectivity index (χ4n) is 0. The third-order valence-electron chi connectivity index (χ3n) is 0. The second kappa shape index (κ2) is 32.5. The minimum atomic E-state index is -0.472. The second-order valence-electron chi connectivity index (χ2n) is 0.862. The number of hydrogen-bond acceptors (Lipinski definition) is 2. The van der Waals surface area contributed by atoms with Crippen LogP contribution in [-0.4, -0.2) is 25.0 Å². The van der Waals surface area contributed by atoms with Crippen LogP contribution in [0, 0.1) is 0 Å². The maximum absolute atomic E-state index is 4.88. The first kappa shape index (κ1) is 17.2. The molecule has 0 saturated carbocycles. The maximum atomic E-state index is 4.88. The monoisotopic (exact) mass is 389 g/mol. The third kappa shape index (κ3) is 163. The summed E-state index contributed by atoms with van der Waals surface area (Å²) in [6.07, 6.45) is 8.17. The number of rotatable bonds is 0. The molecule has 0 atom stereocenters. The van der Waals surface area contributed by atoms with E-state index in [4.69, 9.17) is 18.8 Å². The molecule has 0 nitrogen and oxygen atoms in total. The summed E-state index contributed by atoms with van der Waals surface area (Å²) in [5, 5.41) is 0. The molecule has 0 rings (SSSR count). The van der Waals surface area contributed by atoms with Crippen molar-refractivity contribution in [1.82, 2.24) is 0 Å². The molecule has 0 saturated heterocycles. The van der Waals surface area contributed by atoms with Crippen LogP contribution in [0.3, 0.4) is 0 Å². The van der Waals surface area contributed by atoms with E-state index < -0.39 is 16.5 Å². The molecule has 64 valence electrons. The van der Waals surface area contributed by atoms with Gasteiger partial charge in [-0.15, -0.1) is 0 Å². The van der Waals surface area contributed by atoms with Crippen LogP contribution in [0.4, 0.5) is 0 Å². The molecule has 0 heterocycles. The van der Waals surface area contributed by atoms with Gasteiger partial charge in [0.2, 0.25) is 0 Å². The Hall–Kier alpha value is 1.97. The van der Waals surface area contributed by atoms with Crippen molar-refractivity contribution in [1.29, 1.82) is 0 Å². The van der Waals surface area contributed by atoms with Gasteiger partial charge in [-0.1, -0.05) is 0 Å². The quantitative estimate of drug-likeness (QED) is 0.623. The van der Waals surface area contributed by atoms with Crippen molar-refractivity contribution in [2.45, 2.75) is 0 Å². The van der Waals surface area contributed by atoms with E-state index in [0.717, 1.165) is 0 Å². The van der Waals surface area contributed by atoms with E-state index in [2.05, 4.69) is 0 Å². The van der Waals surface area contributed by atoms with Crippen molar-refractivity contribution in [2.24, 2.45) is 0 Å². The Bertz CT molecular complexity index is 21.3. The van der Waals surface area contributed by atoms with Gasteiger partial charge in [0, 0.05) is 0 Å². The Kier molecular flexibility index (Phi) is 61.9. The molecule has 0 unspecified atom stereocenters. The van der Waals surface area contributed by atoms with Gasteiger partial charge >= 0.3 is 35.3 Å². The Morgan fingerprint density at radius 2 is 0.889 bits per heavy atom. The predicted molar refractivity (Wildman–Crippen MR) is 50.6 cm³/mol. The van der Waals surface area contributed by atoms with E-state index in [9.17, 15) is 0 Å². The molecule has 0 aromatic heterocycles. The summed E-state index contributed by atoms with van der Waals surface area (Å²) < 4.78 is 0. The number of halogens is 2. The van der Waals surface area contributed by atoms with E-state index in [1.54, 1.807) is 23.5 Å². The summed E-state index contributed by atoms with van der Waals surface area (Å²) >= 11 is 3.03. The molecule has 0 N–H and O–H groups in total. The summed E-state index contributed by atoms with van der Waals surface area (Å²) in [6.45, 7) is 0. The van der Waals surface area contributed by atoms with Gasteiger partial charge in [-0.25, -0.2) is 0 Å². The zero-order chi connectivity index (χ0) is 8.12. The van der Waals surface area contributed by atoms with Gasteiger partial charge in [0.05, 0.1) is 0 Å². The molecule has 0 aromatic carbocycles. The molecular weight excluding hydrogens is 378 g/mol. The van der Waals surface area contributed by atoms with Crippen LogP contribution in [0.15, 0.2) is 0 Å². The molecule has 0 aromatic rings. The van der Waals surface area contributed by atoms with Crippen LogP contribution in [0.25, 0.3) is 0 Å². The molecule has 0 bridgehead atoms. The topological polar surface area (TPSA) is 0 Å². The van der Waals surface area contributed by atoms with Crippen LogP contribution < -0.4 is 0 Å². The molecule has 0 fully saturated rings. The average Bonchev–Trinajstić information content (AvgIpc) is 1.70. The van der Waals surface area contributed by atoms with Gasteiger partial charge in [0.25, 0.3) is 0 Å². The zero-order valence-corrected chi connectivity index (χ0v) is 11.3. The van der Waals surface area contributed by atoms with Crippen molar-refractivity contribution in [3.63, 3.8) is 0 Å². The summed E-state index contributed by atoms with van der Waals surface area (Å²) in [7, 11) is 9.75. The van der Waals surface area contributed by atoms with Gasteiger partial charge in [-0.3, -0.25) is 0 Å². The summed E-state index contributed by atoms with van der Waals surface area (Å²) in [5.41, 5.74) is 0. The Balaban J connectivity index is -0.0000000600. The fourth-order valence-corrected chi connectivity index (χ4v) is 0. The molecule has 5 heteroatoms. The van der Waals surface area contributed by atoms with Crippen molar-refractivity contribution in [3.8, 4) is 0 Å². The van der Waals surface area contributed by atoms with Crippen molar-refractivity contribution in [3.05, 3.63) is 0 Å². The number of hydrogen-bond donors (Lipinski definition) is 0. The zero-order valence-electron chi connectivity index (χ0n) is 5.89. The van der Waals surface area contributed by atoms with E-state index >= 15 is 0 Å². The van der Waals surface area contributed by atoms with Crippen molar-refractivity contribution >= 4 is 42.4 Å². The van der Waals surface area contributed by atoms with Gasteiger partial charge in [0.15, 0.2) is 0 Å². The molecule has 9 heavy (non-hydrogen) atoms. The van der Waals surface area contributed by atoms with Gasteiger partial charge < -0.3 is 0 Å². The standard InChI is InChI=1S/2C2H6S.2ClH.Pt/c2*1-3-2;;;/h2*1-2H3;2*1H;/q;;;;+2/p-2. The van der Waals surface area contributed by atoms with Gasteiger partial charge in [-0.2, -0.15) is 23.5 Å². The van der Waals surface area contributed by atoms with Crippen LogP contribution in [0.1, 0.15) is 0 Å². The molecule has 0 aliphatic heterocycles. The fraction of sp³-hybridized carbons (Fsp3) is 1.00. The van der Waals surface area contributed by atoms with Crippen molar-refractivity contribution < 1.29 is 16.5 Å². The molecule has 0 radical (unpaired) electrons. The SMILES string of the molecule is CSC.CSC.[Cl][Pt][Cl].